The zero-order valence-electron chi connectivity index (χ0n) is 24.8. The molecule has 4 rings (SSSR count). The minimum Gasteiger partial charge on any atom is -0.479 e. The number of carboxylic acid groups (broad SMARTS) is 1. The van der Waals surface area contributed by atoms with Gasteiger partial charge in [-0.1, -0.05) is 43.3 Å². The van der Waals surface area contributed by atoms with Crippen LogP contribution >= 0.6 is 23.7 Å². The second-order valence-corrected chi connectivity index (χ2v) is 13.7. The topological polar surface area (TPSA) is 214 Å². The zero-order valence-corrected chi connectivity index (χ0v) is 26.4. The Morgan fingerprint density at radius 2 is 1.84 bits per heavy atom. The zero-order chi connectivity index (χ0) is 33.1. The third kappa shape index (κ3) is 6.35. The van der Waals surface area contributed by atoms with E-state index in [4.69, 9.17) is 5.73 Å². The quantitative estimate of drug-likeness (QED) is 0.0858. The van der Waals surface area contributed by atoms with Crippen LogP contribution in [0.3, 0.4) is 0 Å². The van der Waals surface area contributed by atoms with Crippen molar-refractivity contribution in [2.45, 2.75) is 72.7 Å². The molecule has 2 saturated heterocycles. The van der Waals surface area contributed by atoms with Crippen LogP contribution in [0.2, 0.25) is 0 Å². The van der Waals surface area contributed by atoms with Crippen molar-refractivity contribution in [1.29, 1.82) is 0 Å². The van der Waals surface area contributed by atoms with Gasteiger partial charge in [-0.05, 0) is 49.4 Å². The molecule has 0 bridgehead atoms. The van der Waals surface area contributed by atoms with Crippen molar-refractivity contribution in [2.75, 3.05) is 6.54 Å². The third-order valence-corrected chi connectivity index (χ3v) is 10.3. The second-order valence-electron chi connectivity index (χ2n) is 11.0. The van der Waals surface area contributed by atoms with E-state index in [-0.39, 0.29) is 39.4 Å². The van der Waals surface area contributed by atoms with E-state index < -0.39 is 57.4 Å². The number of β-lactam (4-membered cyclic amide) rings is 1. The number of thioether (sulfide) groups is 1. The van der Waals surface area contributed by atoms with Gasteiger partial charge in [0.05, 0.1) is 27.9 Å². The lowest BCUT2D eigenvalue weighted by molar-refractivity contribution is -0.387. The lowest BCUT2D eigenvalue weighted by atomic mass is 9.73. The van der Waals surface area contributed by atoms with Gasteiger partial charge in [-0.25, -0.2) is 9.52 Å². The van der Waals surface area contributed by atoms with Gasteiger partial charge in [0.2, 0.25) is 23.6 Å². The van der Waals surface area contributed by atoms with Crippen molar-refractivity contribution in [3.8, 4) is 0 Å². The fraction of sp³-hybridized carbons (Fsp3) is 0.414. The fourth-order valence-electron chi connectivity index (χ4n) is 5.70. The molecule has 4 amide bonds. The molecule has 2 aromatic rings. The maximum absolute atomic E-state index is 13.4. The largest absolute Gasteiger partial charge is 0.479 e. The summed E-state index contributed by atoms with van der Waals surface area (Å²) in [4.78, 5) is 77.5. The van der Waals surface area contributed by atoms with Crippen LogP contribution in [0.5, 0.6) is 0 Å². The molecule has 45 heavy (non-hydrogen) atoms. The SMILES string of the molecule is CCCNC(=O)C(CC(=O)NC(C(N)=O)c1ccccc1[C@]1(C(=O)O)N2C(=O)C[C@H]2SC1(C)C)NSc1ccccc1[N+](=O)[O-]. The Morgan fingerprint density at radius 1 is 1.18 bits per heavy atom. The van der Waals surface area contributed by atoms with E-state index in [2.05, 4.69) is 15.4 Å². The number of nitrogens with two attached hydrogens (primary N) is 1. The van der Waals surface area contributed by atoms with Gasteiger partial charge in [-0.2, -0.15) is 0 Å². The van der Waals surface area contributed by atoms with Gasteiger partial charge in [-0.15, -0.1) is 11.8 Å². The molecule has 2 aliphatic rings. The molecule has 0 spiro atoms. The number of aliphatic carboxylic acids is 1. The lowest BCUT2D eigenvalue weighted by Gasteiger charge is -2.47. The standard InChI is InChI=1S/C29H34N6O8S2/c1-4-13-31-26(39)18(33-45-20-12-8-7-11-19(20)35(42)43)14-21(36)32-24(25(30)38)16-9-5-6-10-17(16)29(27(40)41)28(2,3)44-23-15-22(37)34(23)29/h5-12,18,23-24,33H,4,13-15H2,1-3H3,(H2,30,38)(H,31,39)(H,32,36)(H,40,41)/t18?,23-,24?,29-/m1/s1. The number of nitro benzene ring substituents is 1. The van der Waals surface area contributed by atoms with Crippen molar-refractivity contribution in [1.82, 2.24) is 20.3 Å². The van der Waals surface area contributed by atoms with Crippen molar-refractivity contribution >= 4 is 59.0 Å². The first-order chi connectivity index (χ1) is 21.3. The smallest absolute Gasteiger partial charge is 0.335 e. The maximum atomic E-state index is 13.4. The average Bonchev–Trinajstić information content (AvgIpc) is 3.18. The summed E-state index contributed by atoms with van der Waals surface area (Å²) in [7, 11) is 0. The predicted molar refractivity (Wildman–Crippen MR) is 167 cm³/mol. The van der Waals surface area contributed by atoms with Gasteiger partial charge >= 0.3 is 5.97 Å². The molecule has 2 aromatic carbocycles. The molecule has 14 nitrogen and oxygen atoms in total. The van der Waals surface area contributed by atoms with Crippen molar-refractivity contribution < 1.29 is 34.0 Å². The van der Waals surface area contributed by atoms with E-state index in [0.29, 0.717) is 13.0 Å². The van der Waals surface area contributed by atoms with Crippen LogP contribution in [-0.4, -0.2) is 67.2 Å². The van der Waals surface area contributed by atoms with Gasteiger partial charge in [-0.3, -0.25) is 29.3 Å². The van der Waals surface area contributed by atoms with E-state index in [9.17, 15) is 39.2 Å². The molecule has 2 unspecified atom stereocenters. The molecule has 2 aliphatic heterocycles. The van der Waals surface area contributed by atoms with Crippen LogP contribution in [0.25, 0.3) is 0 Å². The number of carbonyl (C=O) groups excluding carboxylic acids is 4. The first kappa shape index (κ1) is 33.7. The Morgan fingerprint density at radius 3 is 2.47 bits per heavy atom. The molecule has 16 heteroatoms. The Bertz CT molecular complexity index is 1540. The van der Waals surface area contributed by atoms with E-state index >= 15 is 0 Å². The number of hydrogen-bond acceptors (Lipinski definition) is 10. The number of carbonyl (C=O) groups is 5. The van der Waals surface area contributed by atoms with Gasteiger partial charge in [0, 0.05) is 12.6 Å². The number of nitro groups is 1. The Kier molecular flexibility index (Phi) is 10.1. The Balaban J connectivity index is 1.64. The van der Waals surface area contributed by atoms with Crippen LogP contribution in [-0.2, 0) is 29.5 Å². The van der Waals surface area contributed by atoms with Crippen LogP contribution in [0, 0.1) is 10.1 Å². The van der Waals surface area contributed by atoms with Crippen LogP contribution in [0.15, 0.2) is 53.4 Å². The van der Waals surface area contributed by atoms with E-state index in [1.54, 1.807) is 32.0 Å². The molecule has 0 saturated carbocycles. The number of para-hydroxylation sites is 1. The van der Waals surface area contributed by atoms with Crippen LogP contribution < -0.4 is 21.1 Å². The number of fused-ring (bicyclic) bond motifs is 1. The molecule has 240 valence electrons. The second kappa shape index (κ2) is 13.5. The number of carboxylic acids is 1. The average molecular weight is 659 g/mol. The first-order valence-electron chi connectivity index (χ1n) is 14.1. The maximum Gasteiger partial charge on any atom is 0.335 e. The summed E-state index contributed by atoms with van der Waals surface area (Å²) in [5, 5.41) is 27.0. The molecular formula is C29H34N6O8S2. The number of amides is 4. The molecule has 4 atom stereocenters. The summed E-state index contributed by atoms with van der Waals surface area (Å²) in [5.74, 6) is -3.95. The molecule has 0 aromatic heterocycles. The number of hydrogen-bond donors (Lipinski definition) is 5. The normalized spacial score (nSPS) is 21.2. The van der Waals surface area contributed by atoms with Gasteiger partial charge in [0.25, 0.3) is 5.69 Å². The summed E-state index contributed by atoms with van der Waals surface area (Å²) in [6, 6.07) is 9.33. The summed E-state index contributed by atoms with van der Waals surface area (Å²) < 4.78 is 1.80. The highest BCUT2D eigenvalue weighted by Gasteiger charge is 2.70. The van der Waals surface area contributed by atoms with Crippen molar-refractivity contribution in [2.24, 2.45) is 5.73 Å². The van der Waals surface area contributed by atoms with E-state index in [0.717, 1.165) is 11.9 Å². The highest BCUT2D eigenvalue weighted by Crippen LogP contribution is 2.61. The predicted octanol–water partition coefficient (Wildman–Crippen LogP) is 2.18. The molecule has 2 heterocycles. The van der Waals surface area contributed by atoms with Gasteiger partial charge < -0.3 is 26.4 Å². The molecular weight excluding hydrogens is 624 g/mol. The summed E-state index contributed by atoms with van der Waals surface area (Å²) in [6.45, 7) is 5.58. The fourth-order valence-corrected chi connectivity index (χ4v) is 8.31. The Labute approximate surface area is 267 Å². The minimum absolute atomic E-state index is 0.101. The number of benzene rings is 2. The molecule has 2 fully saturated rings. The molecule has 0 radical (unpaired) electrons. The monoisotopic (exact) mass is 658 g/mol. The first-order valence-corrected chi connectivity index (χ1v) is 15.8. The Hall–Kier alpha value is -4.15. The summed E-state index contributed by atoms with van der Waals surface area (Å²) in [5.41, 5.74) is 3.94. The minimum atomic E-state index is -1.86. The highest BCUT2D eigenvalue weighted by atomic mass is 32.2. The number of rotatable bonds is 14. The van der Waals surface area contributed by atoms with Crippen LogP contribution in [0.4, 0.5) is 5.69 Å². The van der Waals surface area contributed by atoms with E-state index in [1.165, 1.54) is 47.0 Å². The summed E-state index contributed by atoms with van der Waals surface area (Å²) in [6.07, 6.45) is 0.302. The highest BCUT2D eigenvalue weighted by molar-refractivity contribution is 8.01. The van der Waals surface area contributed by atoms with Gasteiger partial charge in [0.1, 0.15) is 17.0 Å². The van der Waals surface area contributed by atoms with E-state index in [1.807, 2.05) is 6.92 Å². The van der Waals surface area contributed by atoms with Crippen molar-refractivity contribution in [3.05, 3.63) is 69.8 Å². The molecule has 6 N–H and O–H groups in total. The van der Waals surface area contributed by atoms with Crippen LogP contribution in [0.1, 0.15) is 57.2 Å². The lowest BCUT2D eigenvalue weighted by Crippen LogP contribution is -2.65. The number of nitrogens with one attached hydrogen (secondary N) is 3. The van der Waals surface area contributed by atoms with Gasteiger partial charge in [0.15, 0.2) is 5.54 Å². The third-order valence-electron chi connectivity index (χ3n) is 7.76. The van der Waals surface area contributed by atoms with Crippen molar-refractivity contribution in [3.63, 3.8) is 0 Å². The number of nitrogens with zero attached hydrogens (tertiary/aromatic N) is 2. The molecule has 0 aliphatic carbocycles. The number of primary amides is 1. The summed E-state index contributed by atoms with van der Waals surface area (Å²) >= 11 is 2.15.